The number of guanidine groups is 1. The van der Waals surface area contributed by atoms with Crippen LogP contribution in [0.5, 0.6) is 0 Å². The topological polar surface area (TPSA) is 39.7 Å². The van der Waals surface area contributed by atoms with Gasteiger partial charge in [0.05, 0.1) is 6.54 Å². The van der Waals surface area contributed by atoms with E-state index in [0.29, 0.717) is 6.54 Å². The molecule has 1 aliphatic heterocycles. The third-order valence-electron chi connectivity index (χ3n) is 5.87. The second-order valence-corrected chi connectivity index (χ2v) is 7.92. The Kier molecular flexibility index (Phi) is 6.52. The second-order valence-electron chi connectivity index (χ2n) is 7.92. The van der Waals surface area contributed by atoms with Crippen molar-refractivity contribution in [2.75, 3.05) is 39.8 Å². The molecule has 1 heterocycles. The minimum atomic E-state index is -0.0968. The van der Waals surface area contributed by atoms with E-state index < -0.39 is 0 Å². The number of hydrogen-bond donors (Lipinski definition) is 2. The predicted molar refractivity (Wildman–Crippen MR) is 106 cm³/mol. The van der Waals surface area contributed by atoms with Crippen molar-refractivity contribution in [1.29, 1.82) is 0 Å². The molecule has 144 valence electrons. The van der Waals surface area contributed by atoms with Crippen molar-refractivity contribution in [1.82, 2.24) is 15.5 Å². The summed E-state index contributed by atoms with van der Waals surface area (Å²) in [7, 11) is 2.20. The van der Waals surface area contributed by atoms with E-state index in [2.05, 4.69) is 29.5 Å². The first-order chi connectivity index (χ1) is 12.6. The lowest BCUT2D eigenvalue weighted by atomic mass is 9.94. The zero-order valence-corrected chi connectivity index (χ0v) is 16.2. The zero-order valence-electron chi connectivity index (χ0n) is 16.2. The maximum Gasteiger partial charge on any atom is 0.191 e. The van der Waals surface area contributed by atoms with Crippen LogP contribution in [0.2, 0.25) is 0 Å². The van der Waals surface area contributed by atoms with E-state index in [4.69, 9.17) is 4.99 Å². The Bertz CT molecular complexity index is 604. The lowest BCUT2D eigenvalue weighted by Crippen LogP contribution is -2.39. The van der Waals surface area contributed by atoms with Gasteiger partial charge in [-0.1, -0.05) is 18.2 Å². The van der Waals surface area contributed by atoms with Gasteiger partial charge in [0, 0.05) is 18.5 Å². The summed E-state index contributed by atoms with van der Waals surface area (Å²) in [5.41, 5.74) is 0.729. The lowest BCUT2D eigenvalue weighted by molar-refractivity contribution is 0.213. The largest absolute Gasteiger partial charge is 0.357 e. The standard InChI is InChI=1S/C21H33FN4/c1-3-23-20(24-13-8-17-9-14-26(2)15-10-17)25-16-21(11-12-21)18-6-4-5-7-19(18)22/h4-7,17H,3,8-16H2,1-2H3,(H2,23,24,25). The molecular weight excluding hydrogens is 327 g/mol. The number of hydrogen-bond acceptors (Lipinski definition) is 2. The summed E-state index contributed by atoms with van der Waals surface area (Å²) in [5, 5.41) is 6.81. The molecule has 0 bridgehead atoms. The summed E-state index contributed by atoms with van der Waals surface area (Å²) in [6.07, 6.45) is 5.82. The van der Waals surface area contributed by atoms with Gasteiger partial charge in [0.2, 0.25) is 0 Å². The highest BCUT2D eigenvalue weighted by Gasteiger charge is 2.45. The molecule has 4 nitrogen and oxygen atoms in total. The summed E-state index contributed by atoms with van der Waals surface area (Å²) in [6.45, 7) is 6.95. The van der Waals surface area contributed by atoms with Crippen LogP contribution in [0.1, 0.15) is 44.6 Å². The summed E-state index contributed by atoms with van der Waals surface area (Å²) in [6, 6.07) is 7.16. The van der Waals surface area contributed by atoms with Gasteiger partial charge in [-0.2, -0.15) is 0 Å². The molecule has 5 heteroatoms. The van der Waals surface area contributed by atoms with E-state index >= 15 is 0 Å². The summed E-state index contributed by atoms with van der Waals surface area (Å²) in [5.74, 6) is 1.58. The molecule has 0 unspecified atom stereocenters. The van der Waals surface area contributed by atoms with E-state index in [-0.39, 0.29) is 11.2 Å². The van der Waals surface area contributed by atoms with Gasteiger partial charge < -0.3 is 15.5 Å². The lowest BCUT2D eigenvalue weighted by Gasteiger charge is -2.29. The first-order valence-corrected chi connectivity index (χ1v) is 10.1. The van der Waals surface area contributed by atoms with Crippen molar-refractivity contribution < 1.29 is 4.39 Å². The van der Waals surface area contributed by atoms with E-state index in [1.807, 2.05) is 12.1 Å². The van der Waals surface area contributed by atoms with Crippen LogP contribution < -0.4 is 10.6 Å². The third kappa shape index (κ3) is 4.97. The van der Waals surface area contributed by atoms with Crippen molar-refractivity contribution in [2.24, 2.45) is 10.9 Å². The Hall–Kier alpha value is -1.62. The van der Waals surface area contributed by atoms with Crippen LogP contribution >= 0.6 is 0 Å². The first kappa shape index (κ1) is 19.2. The Morgan fingerprint density at radius 3 is 2.62 bits per heavy atom. The number of halogens is 1. The zero-order chi connectivity index (χ0) is 18.4. The number of aliphatic imine (C=N–C) groups is 1. The minimum Gasteiger partial charge on any atom is -0.357 e. The van der Waals surface area contributed by atoms with E-state index in [1.54, 1.807) is 12.1 Å². The SMILES string of the molecule is CCNC(=NCC1(c2ccccc2F)CC1)NCCC1CCN(C)CC1. The normalized spacial score (nSPS) is 20.8. The number of benzene rings is 1. The molecule has 1 aliphatic carbocycles. The van der Waals surface area contributed by atoms with E-state index in [9.17, 15) is 4.39 Å². The quantitative estimate of drug-likeness (QED) is 0.580. The number of piperidine rings is 1. The molecular formula is C21H33FN4. The summed E-state index contributed by atoms with van der Waals surface area (Å²) >= 11 is 0. The van der Waals surface area contributed by atoms with Gasteiger partial charge in [-0.25, -0.2) is 4.39 Å². The Morgan fingerprint density at radius 1 is 1.23 bits per heavy atom. The number of likely N-dealkylation sites (tertiary alicyclic amines) is 1. The van der Waals surface area contributed by atoms with Gasteiger partial charge in [-0.15, -0.1) is 0 Å². The molecule has 1 aromatic carbocycles. The van der Waals surface area contributed by atoms with Gasteiger partial charge in [0.1, 0.15) is 5.82 Å². The van der Waals surface area contributed by atoms with Crippen LogP contribution in [-0.4, -0.2) is 50.6 Å². The van der Waals surface area contributed by atoms with Crippen LogP contribution in [0.3, 0.4) is 0 Å². The third-order valence-corrected chi connectivity index (χ3v) is 5.87. The Labute approximate surface area is 157 Å². The monoisotopic (exact) mass is 360 g/mol. The Morgan fingerprint density at radius 2 is 1.96 bits per heavy atom. The van der Waals surface area contributed by atoms with Crippen molar-refractivity contribution >= 4 is 5.96 Å². The molecule has 0 spiro atoms. The molecule has 26 heavy (non-hydrogen) atoms. The fourth-order valence-electron chi connectivity index (χ4n) is 3.87. The van der Waals surface area contributed by atoms with Crippen LogP contribution in [0.25, 0.3) is 0 Å². The number of nitrogens with one attached hydrogen (secondary N) is 2. The van der Waals surface area contributed by atoms with E-state index in [1.165, 1.54) is 32.4 Å². The van der Waals surface area contributed by atoms with E-state index in [0.717, 1.165) is 43.4 Å². The highest BCUT2D eigenvalue weighted by atomic mass is 19.1. The van der Waals surface area contributed by atoms with Crippen molar-refractivity contribution in [3.8, 4) is 0 Å². The van der Waals surface area contributed by atoms with Crippen LogP contribution in [0.4, 0.5) is 4.39 Å². The summed E-state index contributed by atoms with van der Waals surface area (Å²) in [4.78, 5) is 7.19. The smallest absolute Gasteiger partial charge is 0.191 e. The van der Waals surface area contributed by atoms with Gasteiger partial charge >= 0.3 is 0 Å². The van der Waals surface area contributed by atoms with Crippen molar-refractivity contribution in [3.05, 3.63) is 35.6 Å². The van der Waals surface area contributed by atoms with Gasteiger partial charge in [0.15, 0.2) is 5.96 Å². The number of rotatable bonds is 7. The van der Waals surface area contributed by atoms with Crippen molar-refractivity contribution in [2.45, 2.75) is 44.4 Å². The van der Waals surface area contributed by atoms with Gasteiger partial charge in [0.25, 0.3) is 0 Å². The van der Waals surface area contributed by atoms with Crippen LogP contribution in [0, 0.1) is 11.7 Å². The minimum absolute atomic E-state index is 0.0956. The fraction of sp³-hybridized carbons (Fsp3) is 0.667. The summed E-state index contributed by atoms with van der Waals surface area (Å²) < 4.78 is 14.2. The molecule has 0 amide bonds. The molecule has 1 aromatic rings. The maximum atomic E-state index is 14.2. The highest BCUT2D eigenvalue weighted by molar-refractivity contribution is 5.79. The predicted octanol–water partition coefficient (Wildman–Crippen LogP) is 3.14. The second kappa shape index (κ2) is 8.85. The molecule has 1 saturated heterocycles. The average molecular weight is 361 g/mol. The van der Waals surface area contributed by atoms with Gasteiger partial charge in [-0.05, 0) is 76.7 Å². The molecule has 0 aromatic heterocycles. The molecule has 2 N–H and O–H groups in total. The molecule has 3 rings (SSSR count). The number of nitrogens with zero attached hydrogens (tertiary/aromatic N) is 2. The molecule has 0 radical (unpaired) electrons. The van der Waals surface area contributed by atoms with Gasteiger partial charge in [-0.3, -0.25) is 4.99 Å². The fourth-order valence-corrected chi connectivity index (χ4v) is 3.87. The average Bonchev–Trinajstić information content (AvgIpc) is 3.43. The maximum absolute atomic E-state index is 14.2. The highest BCUT2D eigenvalue weighted by Crippen LogP contribution is 2.49. The molecule has 0 atom stereocenters. The molecule has 2 fully saturated rings. The Balaban J connectivity index is 1.52. The van der Waals surface area contributed by atoms with Crippen LogP contribution in [-0.2, 0) is 5.41 Å². The van der Waals surface area contributed by atoms with Crippen molar-refractivity contribution in [3.63, 3.8) is 0 Å². The molecule has 2 aliphatic rings. The molecule has 1 saturated carbocycles. The first-order valence-electron chi connectivity index (χ1n) is 10.1. The van der Waals surface area contributed by atoms with Crippen LogP contribution in [0.15, 0.2) is 29.3 Å².